The highest BCUT2D eigenvalue weighted by atomic mass is 35.5. The van der Waals surface area contributed by atoms with Crippen molar-refractivity contribution < 1.29 is 9.59 Å². The van der Waals surface area contributed by atoms with Crippen molar-refractivity contribution in [2.24, 2.45) is 0 Å². The predicted molar refractivity (Wildman–Crippen MR) is 87.0 cm³/mol. The predicted octanol–water partition coefficient (Wildman–Crippen LogP) is 5.65. The Morgan fingerprint density at radius 3 is 1.40 bits per heavy atom. The van der Waals surface area contributed by atoms with Gasteiger partial charge in [0.1, 0.15) is 0 Å². The summed E-state index contributed by atoms with van der Waals surface area (Å²) in [5, 5.41) is 0.0648. The molecule has 0 aliphatic carbocycles. The van der Waals surface area contributed by atoms with Gasteiger partial charge < -0.3 is 0 Å². The molecule has 0 aliphatic rings. The Bertz CT molecular complexity index is 543. The maximum Gasteiger partial charge on any atom is 0.253 e. The van der Waals surface area contributed by atoms with Crippen LogP contribution in [0.2, 0.25) is 0 Å². The topological polar surface area (TPSA) is 34.1 Å². The summed E-state index contributed by atoms with van der Waals surface area (Å²) in [6, 6.07) is 10.1. The van der Waals surface area contributed by atoms with Crippen LogP contribution in [0, 0.1) is 0 Å². The van der Waals surface area contributed by atoms with Gasteiger partial charge in [0.15, 0.2) is 0 Å². The molecule has 108 valence electrons. The number of benzene rings is 2. The second kappa shape index (κ2) is 9.51. The number of carbonyl (C=O) groups is 2. The molecule has 0 saturated carbocycles. The highest BCUT2D eigenvalue weighted by molar-refractivity contribution is 6.70. The van der Waals surface area contributed by atoms with Gasteiger partial charge in [-0.15, -0.1) is 0 Å². The molecule has 0 bridgehead atoms. The molecule has 0 heterocycles. The van der Waals surface area contributed by atoms with Crippen molar-refractivity contribution in [3.63, 3.8) is 0 Å². The third-order valence-electron chi connectivity index (χ3n) is 2.33. The zero-order chi connectivity index (χ0) is 15.7. The van der Waals surface area contributed by atoms with Crippen LogP contribution >= 0.6 is 23.2 Å². The van der Waals surface area contributed by atoms with Gasteiger partial charge in [-0.1, -0.05) is 52.0 Å². The molecule has 0 aliphatic heterocycles. The molecule has 2 aromatic carbocycles. The molecule has 2 aromatic rings. The lowest BCUT2D eigenvalue weighted by Gasteiger charge is -2.05. The van der Waals surface area contributed by atoms with E-state index in [2.05, 4.69) is 0 Å². The van der Waals surface area contributed by atoms with Gasteiger partial charge in [0.2, 0.25) is 0 Å². The van der Waals surface area contributed by atoms with Crippen LogP contribution in [0.3, 0.4) is 0 Å². The largest absolute Gasteiger partial charge is 0.276 e. The van der Waals surface area contributed by atoms with Gasteiger partial charge in [-0.25, -0.2) is 0 Å². The molecule has 0 aromatic heterocycles. The number of halogens is 2. The highest BCUT2D eigenvalue weighted by Crippen LogP contribution is 2.25. The molecule has 0 unspecified atom stereocenters. The third-order valence-corrected chi connectivity index (χ3v) is 2.74. The van der Waals surface area contributed by atoms with Crippen LogP contribution in [0.25, 0.3) is 10.8 Å². The van der Waals surface area contributed by atoms with Crippen LogP contribution < -0.4 is 0 Å². The van der Waals surface area contributed by atoms with Crippen molar-refractivity contribution in [1.29, 1.82) is 0 Å². The number of hydrogen-bond donors (Lipinski definition) is 0. The normalized spacial score (nSPS) is 8.90. The van der Waals surface area contributed by atoms with Gasteiger partial charge in [-0.2, -0.15) is 0 Å². The molecule has 4 heteroatoms. The number of rotatable bonds is 2. The van der Waals surface area contributed by atoms with Gasteiger partial charge in [-0.05, 0) is 40.7 Å². The van der Waals surface area contributed by atoms with E-state index in [0.29, 0.717) is 16.5 Å². The molecule has 0 radical (unpaired) electrons. The van der Waals surface area contributed by atoms with E-state index in [-0.39, 0.29) is 0 Å². The lowest BCUT2D eigenvalue weighted by atomic mass is 10.0. The van der Waals surface area contributed by atoms with Gasteiger partial charge in [0, 0.05) is 16.5 Å². The number of fused-ring (bicyclic) bond motifs is 1. The van der Waals surface area contributed by atoms with E-state index < -0.39 is 10.5 Å². The average Bonchev–Trinajstić information content (AvgIpc) is 2.49. The van der Waals surface area contributed by atoms with Crippen LogP contribution in [0.5, 0.6) is 0 Å². The standard InChI is InChI=1S/C12H6Cl2O2.2C2H6/c13-11(15)8-5-1-3-7-4-2-6-9(10(7)8)12(14)16;2*1-2/h1-6H;2*1-2H3. The minimum absolute atomic E-state index is 0.295. The SMILES string of the molecule is CC.CC.O=C(Cl)c1cccc2cccc(C(=O)Cl)c12. The Balaban J connectivity index is 0.000000829. The first-order chi connectivity index (χ1) is 9.61. The summed E-state index contributed by atoms with van der Waals surface area (Å²) in [4.78, 5) is 22.5. The zero-order valence-corrected chi connectivity index (χ0v) is 13.5. The molecule has 0 atom stereocenters. The lowest BCUT2D eigenvalue weighted by molar-refractivity contribution is 0.107. The first-order valence-corrected chi connectivity index (χ1v) is 7.28. The van der Waals surface area contributed by atoms with Crippen LogP contribution in [0.15, 0.2) is 36.4 Å². The quantitative estimate of drug-likeness (QED) is 0.671. The number of hydrogen-bond acceptors (Lipinski definition) is 2. The van der Waals surface area contributed by atoms with Gasteiger partial charge in [0.25, 0.3) is 10.5 Å². The Labute approximate surface area is 129 Å². The van der Waals surface area contributed by atoms with E-state index in [1.807, 2.05) is 27.7 Å². The van der Waals surface area contributed by atoms with E-state index in [1.165, 1.54) is 0 Å². The van der Waals surface area contributed by atoms with Crippen molar-refractivity contribution in [1.82, 2.24) is 0 Å². The van der Waals surface area contributed by atoms with E-state index in [0.717, 1.165) is 5.39 Å². The Morgan fingerprint density at radius 1 is 0.750 bits per heavy atom. The molecule has 20 heavy (non-hydrogen) atoms. The molecular formula is C16H18Cl2O2. The van der Waals surface area contributed by atoms with E-state index in [9.17, 15) is 9.59 Å². The average molecular weight is 313 g/mol. The van der Waals surface area contributed by atoms with Crippen LogP contribution in [0.4, 0.5) is 0 Å². The first kappa shape index (κ1) is 18.6. The fourth-order valence-corrected chi connectivity index (χ4v) is 1.98. The molecule has 0 amide bonds. The summed E-state index contributed by atoms with van der Waals surface area (Å²) in [7, 11) is 0. The molecular weight excluding hydrogens is 295 g/mol. The smallest absolute Gasteiger partial charge is 0.253 e. The molecule has 0 fully saturated rings. The van der Waals surface area contributed by atoms with Crippen molar-refractivity contribution in [2.45, 2.75) is 27.7 Å². The maximum atomic E-state index is 11.2. The molecule has 0 spiro atoms. The summed E-state index contributed by atoms with van der Waals surface area (Å²) >= 11 is 10.9. The first-order valence-electron chi connectivity index (χ1n) is 6.52. The van der Waals surface area contributed by atoms with Gasteiger partial charge in [0.05, 0.1) is 0 Å². The van der Waals surface area contributed by atoms with E-state index in [4.69, 9.17) is 23.2 Å². The third kappa shape index (κ3) is 4.32. The summed E-state index contributed by atoms with van der Waals surface area (Å²) in [6.45, 7) is 8.00. The van der Waals surface area contributed by atoms with Crippen molar-refractivity contribution >= 4 is 44.5 Å². The summed E-state index contributed by atoms with van der Waals surface area (Å²) in [5.41, 5.74) is 0.590. The zero-order valence-electron chi connectivity index (χ0n) is 12.0. The molecule has 2 nitrogen and oxygen atoms in total. The molecule has 0 N–H and O–H groups in total. The van der Waals surface area contributed by atoms with Crippen LogP contribution in [-0.4, -0.2) is 10.5 Å². The van der Waals surface area contributed by atoms with E-state index >= 15 is 0 Å². The monoisotopic (exact) mass is 312 g/mol. The van der Waals surface area contributed by atoms with Gasteiger partial charge in [-0.3, -0.25) is 9.59 Å². The number of carbonyl (C=O) groups excluding carboxylic acids is 2. The second-order valence-electron chi connectivity index (χ2n) is 3.26. The minimum Gasteiger partial charge on any atom is -0.276 e. The van der Waals surface area contributed by atoms with E-state index in [1.54, 1.807) is 36.4 Å². The fourth-order valence-electron chi connectivity index (χ4n) is 1.67. The van der Waals surface area contributed by atoms with Crippen LogP contribution in [-0.2, 0) is 0 Å². The van der Waals surface area contributed by atoms with Crippen molar-refractivity contribution in [2.75, 3.05) is 0 Å². The molecule has 0 saturated heterocycles. The maximum absolute atomic E-state index is 11.2. The Hall–Kier alpha value is -1.38. The van der Waals surface area contributed by atoms with Gasteiger partial charge >= 0.3 is 0 Å². The fraction of sp³-hybridized carbons (Fsp3) is 0.250. The summed E-state index contributed by atoms with van der Waals surface area (Å²) < 4.78 is 0. The van der Waals surface area contributed by atoms with Crippen LogP contribution in [0.1, 0.15) is 48.4 Å². The summed E-state index contributed by atoms with van der Waals surface area (Å²) in [5.74, 6) is 0. The van der Waals surface area contributed by atoms with Crippen molar-refractivity contribution in [3.05, 3.63) is 47.5 Å². The molecule has 2 rings (SSSR count). The lowest BCUT2D eigenvalue weighted by Crippen LogP contribution is -1.97. The Kier molecular flexibility index (Phi) is 8.86. The van der Waals surface area contributed by atoms with Crippen molar-refractivity contribution in [3.8, 4) is 0 Å². The summed E-state index contributed by atoms with van der Waals surface area (Å²) in [6.07, 6.45) is 0. The minimum atomic E-state index is -0.601. The second-order valence-corrected chi connectivity index (χ2v) is 3.94. The highest BCUT2D eigenvalue weighted by Gasteiger charge is 2.13. The Morgan fingerprint density at radius 2 is 1.10 bits per heavy atom.